The zero-order chi connectivity index (χ0) is 19.3. The van der Waals surface area contributed by atoms with E-state index in [1.807, 2.05) is 28.8 Å². The number of nitrogens with one attached hydrogen (secondary N) is 1. The predicted octanol–water partition coefficient (Wildman–Crippen LogP) is 1.60. The number of fused-ring (bicyclic) bond motifs is 1. The first-order valence-electron chi connectivity index (χ1n) is 9.51. The second-order valence-corrected chi connectivity index (χ2v) is 6.94. The number of nitrogens with zero attached hydrogens (tertiary/aromatic N) is 6. The van der Waals surface area contributed by atoms with E-state index in [1.165, 1.54) is 5.56 Å². The van der Waals surface area contributed by atoms with Crippen LogP contribution in [0.4, 0.5) is 11.6 Å². The van der Waals surface area contributed by atoms with Crippen LogP contribution in [0.1, 0.15) is 11.1 Å². The Bertz CT molecular complexity index is 960. The topological polar surface area (TPSA) is 81.3 Å². The van der Waals surface area contributed by atoms with Crippen molar-refractivity contribution in [2.24, 2.45) is 5.10 Å². The van der Waals surface area contributed by atoms with Gasteiger partial charge in [-0.15, -0.1) is 0 Å². The number of aliphatic hydroxyl groups is 1. The van der Waals surface area contributed by atoms with Crippen molar-refractivity contribution in [3.63, 3.8) is 0 Å². The minimum atomic E-state index is 0.200. The summed E-state index contributed by atoms with van der Waals surface area (Å²) in [6.07, 6.45) is 3.55. The van der Waals surface area contributed by atoms with E-state index >= 15 is 0 Å². The number of hydrazone groups is 1. The highest BCUT2D eigenvalue weighted by Crippen LogP contribution is 2.21. The quantitative estimate of drug-likeness (QED) is 0.500. The highest BCUT2D eigenvalue weighted by Gasteiger charge is 2.20. The largest absolute Gasteiger partial charge is 0.395 e. The molecule has 1 aliphatic heterocycles. The molecule has 28 heavy (non-hydrogen) atoms. The fraction of sp³-hybridized carbons (Fsp3) is 0.350. The van der Waals surface area contributed by atoms with Gasteiger partial charge in [-0.05, 0) is 12.5 Å². The lowest BCUT2D eigenvalue weighted by Gasteiger charge is -2.35. The predicted molar refractivity (Wildman–Crippen MR) is 111 cm³/mol. The number of anilines is 2. The van der Waals surface area contributed by atoms with Gasteiger partial charge in [0, 0.05) is 44.9 Å². The van der Waals surface area contributed by atoms with Gasteiger partial charge in [0.1, 0.15) is 5.82 Å². The van der Waals surface area contributed by atoms with Crippen LogP contribution in [0.25, 0.3) is 5.65 Å². The fourth-order valence-electron chi connectivity index (χ4n) is 3.44. The number of hydrogen-bond donors (Lipinski definition) is 2. The summed E-state index contributed by atoms with van der Waals surface area (Å²) in [5.41, 5.74) is 6.07. The summed E-state index contributed by atoms with van der Waals surface area (Å²) in [6, 6.07) is 12.0. The Morgan fingerprint density at radius 2 is 2.04 bits per heavy atom. The average Bonchev–Trinajstić information content (AvgIpc) is 3.17. The van der Waals surface area contributed by atoms with E-state index in [0.29, 0.717) is 5.82 Å². The molecule has 0 spiro atoms. The van der Waals surface area contributed by atoms with Crippen LogP contribution in [0.5, 0.6) is 0 Å². The highest BCUT2D eigenvalue weighted by molar-refractivity contribution is 5.80. The minimum Gasteiger partial charge on any atom is -0.395 e. The molecule has 1 fully saturated rings. The van der Waals surface area contributed by atoms with Crippen molar-refractivity contribution in [2.45, 2.75) is 6.92 Å². The van der Waals surface area contributed by atoms with Gasteiger partial charge in [0.05, 0.1) is 19.0 Å². The number of β-amino-alcohol motifs (C(OH)–C–C–N with tert-alkyl or cyclic N) is 1. The molecule has 0 amide bonds. The maximum Gasteiger partial charge on any atom is 0.159 e. The van der Waals surface area contributed by atoms with Crippen molar-refractivity contribution in [1.29, 1.82) is 0 Å². The molecule has 0 atom stereocenters. The molecule has 0 bridgehead atoms. The van der Waals surface area contributed by atoms with Crippen LogP contribution in [-0.2, 0) is 0 Å². The summed E-state index contributed by atoms with van der Waals surface area (Å²) in [6.45, 7) is 6.58. The van der Waals surface area contributed by atoms with Crippen molar-refractivity contribution < 1.29 is 5.11 Å². The highest BCUT2D eigenvalue weighted by atomic mass is 16.3. The van der Waals surface area contributed by atoms with E-state index < -0.39 is 0 Å². The zero-order valence-corrected chi connectivity index (χ0v) is 16.0. The molecular formula is C20H25N7O. The molecule has 1 saturated heterocycles. The van der Waals surface area contributed by atoms with Gasteiger partial charge in [0.2, 0.25) is 0 Å². The molecule has 0 saturated carbocycles. The maximum atomic E-state index is 9.13. The molecule has 2 aromatic heterocycles. The number of benzene rings is 1. The lowest BCUT2D eigenvalue weighted by molar-refractivity contribution is 0.188. The minimum absolute atomic E-state index is 0.200. The van der Waals surface area contributed by atoms with E-state index in [9.17, 15) is 0 Å². The number of rotatable bonds is 6. The third-order valence-corrected chi connectivity index (χ3v) is 4.89. The van der Waals surface area contributed by atoms with Gasteiger partial charge in [0.15, 0.2) is 11.5 Å². The molecule has 0 unspecified atom stereocenters. The first-order chi connectivity index (χ1) is 13.7. The van der Waals surface area contributed by atoms with Crippen molar-refractivity contribution in [2.75, 3.05) is 49.7 Å². The number of aliphatic hydroxyl groups excluding tert-OH is 1. The normalized spacial score (nSPS) is 15.6. The Labute approximate surface area is 164 Å². The van der Waals surface area contributed by atoms with E-state index in [1.54, 1.807) is 12.4 Å². The maximum absolute atomic E-state index is 9.13. The van der Waals surface area contributed by atoms with Crippen LogP contribution in [0.3, 0.4) is 0 Å². The molecule has 4 rings (SSSR count). The molecule has 3 aromatic rings. The molecule has 8 nitrogen and oxygen atoms in total. The van der Waals surface area contributed by atoms with Gasteiger partial charge in [-0.1, -0.05) is 29.8 Å². The number of piperazine rings is 1. The van der Waals surface area contributed by atoms with Gasteiger partial charge < -0.3 is 10.0 Å². The second kappa shape index (κ2) is 8.37. The van der Waals surface area contributed by atoms with Crippen molar-refractivity contribution >= 4 is 23.5 Å². The van der Waals surface area contributed by atoms with Crippen molar-refractivity contribution in [3.8, 4) is 0 Å². The molecule has 146 valence electrons. The van der Waals surface area contributed by atoms with Crippen LogP contribution in [-0.4, -0.2) is 70.1 Å². The summed E-state index contributed by atoms with van der Waals surface area (Å²) < 4.78 is 1.86. The Kier molecular flexibility index (Phi) is 5.50. The summed E-state index contributed by atoms with van der Waals surface area (Å²) in [4.78, 5) is 9.15. The van der Waals surface area contributed by atoms with Crippen LogP contribution in [0, 0.1) is 6.92 Å². The Balaban J connectivity index is 1.52. The summed E-state index contributed by atoms with van der Waals surface area (Å²) in [7, 11) is 0. The third kappa shape index (κ3) is 4.13. The van der Waals surface area contributed by atoms with Gasteiger partial charge in [-0.3, -0.25) is 10.3 Å². The summed E-state index contributed by atoms with van der Waals surface area (Å²) >= 11 is 0. The fourth-order valence-corrected chi connectivity index (χ4v) is 3.44. The molecule has 8 heteroatoms. The first kappa shape index (κ1) is 18.4. The number of aromatic nitrogens is 3. The van der Waals surface area contributed by atoms with E-state index in [2.05, 4.69) is 49.5 Å². The SMILES string of the molecule is Cc1cccc(/C=N/Nc2cc(N3CCN(CCO)CC3)n3nccc3n2)c1. The molecule has 0 aliphatic carbocycles. The van der Waals surface area contributed by atoms with Crippen LogP contribution < -0.4 is 10.3 Å². The van der Waals surface area contributed by atoms with Gasteiger partial charge >= 0.3 is 0 Å². The van der Waals surface area contributed by atoms with Crippen molar-refractivity contribution in [3.05, 3.63) is 53.7 Å². The van der Waals surface area contributed by atoms with E-state index in [0.717, 1.165) is 49.8 Å². The van der Waals surface area contributed by atoms with Gasteiger partial charge in [-0.25, -0.2) is 4.98 Å². The number of hydrogen-bond acceptors (Lipinski definition) is 7. The molecule has 1 aromatic carbocycles. The zero-order valence-electron chi connectivity index (χ0n) is 16.0. The van der Waals surface area contributed by atoms with Crippen molar-refractivity contribution in [1.82, 2.24) is 19.5 Å². The second-order valence-electron chi connectivity index (χ2n) is 6.94. The number of aryl methyl sites for hydroxylation is 1. The Morgan fingerprint density at radius 3 is 2.82 bits per heavy atom. The van der Waals surface area contributed by atoms with Crippen LogP contribution in [0.2, 0.25) is 0 Å². The molecule has 0 radical (unpaired) electrons. The lowest BCUT2D eigenvalue weighted by Crippen LogP contribution is -2.47. The Hall–Kier alpha value is -2.97. The average molecular weight is 379 g/mol. The Morgan fingerprint density at radius 1 is 1.18 bits per heavy atom. The van der Waals surface area contributed by atoms with Crippen LogP contribution in [0.15, 0.2) is 47.7 Å². The molecular weight excluding hydrogens is 354 g/mol. The first-order valence-corrected chi connectivity index (χ1v) is 9.51. The standard InChI is InChI=1S/C20H25N7O/c1-16-3-2-4-17(13-16)15-21-24-18-14-20(27-19(23-18)5-6-22-27)26-9-7-25(8-10-26)11-12-28/h2-6,13-15,28H,7-12H2,1H3,(H,23,24)/b21-15+. The van der Waals surface area contributed by atoms with Crippen LogP contribution >= 0.6 is 0 Å². The van der Waals surface area contributed by atoms with Gasteiger partial charge in [-0.2, -0.15) is 14.7 Å². The third-order valence-electron chi connectivity index (χ3n) is 4.89. The molecule has 3 heterocycles. The molecule has 2 N–H and O–H groups in total. The van der Waals surface area contributed by atoms with E-state index in [-0.39, 0.29) is 6.61 Å². The smallest absolute Gasteiger partial charge is 0.159 e. The monoisotopic (exact) mass is 379 g/mol. The molecule has 1 aliphatic rings. The summed E-state index contributed by atoms with van der Waals surface area (Å²) in [5, 5.41) is 17.9. The summed E-state index contributed by atoms with van der Waals surface area (Å²) in [5.74, 6) is 1.68. The van der Waals surface area contributed by atoms with Gasteiger partial charge in [0.25, 0.3) is 0 Å². The lowest BCUT2D eigenvalue weighted by atomic mass is 10.2. The van der Waals surface area contributed by atoms with E-state index in [4.69, 9.17) is 5.11 Å².